The number of nitrogens with one attached hydrogen (secondary N) is 4. The first kappa shape index (κ1) is 35.4. The fraction of sp³-hybridized carbons (Fsp3) is 0.594. The van der Waals surface area contributed by atoms with Gasteiger partial charge in [0.05, 0.1) is 13.2 Å². The molecule has 0 spiro atoms. The van der Waals surface area contributed by atoms with Gasteiger partial charge in [-0.3, -0.25) is 19.2 Å². The smallest absolute Gasteiger partial charge is 0.496 e. The number of carbonyl (C=O) groups excluding carboxylic acids is 4. The van der Waals surface area contributed by atoms with Gasteiger partial charge in [-0.2, -0.15) is 0 Å². The minimum atomic E-state index is -1.53. The van der Waals surface area contributed by atoms with Gasteiger partial charge in [0, 0.05) is 29.8 Å². The zero-order valence-corrected chi connectivity index (χ0v) is 26.9. The summed E-state index contributed by atoms with van der Waals surface area (Å²) in [5, 5.41) is 18.1. The third-order valence-corrected chi connectivity index (χ3v) is 7.58. The summed E-state index contributed by atoms with van der Waals surface area (Å²) in [7, 11) is 1.54. The van der Waals surface area contributed by atoms with E-state index < -0.39 is 54.7 Å². The number of aromatic amines is 1. The number of rotatable bonds is 16. The maximum atomic E-state index is 13.6. The Bertz CT molecular complexity index is 1360. The summed E-state index contributed by atoms with van der Waals surface area (Å²) in [5.74, 6) is -1.77. The zero-order chi connectivity index (χ0) is 33.3. The highest BCUT2D eigenvalue weighted by atomic mass is 16.8. The quantitative estimate of drug-likeness (QED) is 0.136. The van der Waals surface area contributed by atoms with Crippen molar-refractivity contribution in [1.29, 1.82) is 0 Å². The molecule has 0 unspecified atom stereocenters. The molecule has 1 aliphatic heterocycles. The number of H-pyrrole nitrogens is 1. The Kier molecular flexibility index (Phi) is 12.4. The molecule has 1 saturated heterocycles. The monoisotopic (exact) mass is 630 g/mol. The first-order chi connectivity index (χ1) is 21.2. The standard InChI is InChI=1S/C32H46N4O9/c1-18(2)14-23(36-30(40)24-16-20-21(34-24)8-7-9-26(20)43-6)29(39)35-22(15-19-11-13-33-28(19)38)25(37)17-44-27(45-31(41)42)10-12-32(3,4)5/h7-9,16,18-19,22-23,27,34H,10-15,17H2,1-6H3,(H,33,38)(H,35,39)(H,36,40)(H,41,42)/t19-,22-,23-,27+/m0/s1. The lowest BCUT2D eigenvalue weighted by molar-refractivity contribution is -0.149. The Morgan fingerprint density at radius 2 is 1.84 bits per heavy atom. The van der Waals surface area contributed by atoms with E-state index in [1.54, 1.807) is 24.3 Å². The molecular formula is C32H46N4O9. The Morgan fingerprint density at radius 3 is 2.44 bits per heavy atom. The second-order valence-electron chi connectivity index (χ2n) is 13.0. The largest absolute Gasteiger partial charge is 0.508 e. The number of ether oxygens (including phenoxy) is 3. The fourth-order valence-electron chi connectivity index (χ4n) is 5.18. The Labute approximate surface area is 263 Å². The molecule has 0 aliphatic carbocycles. The number of carbonyl (C=O) groups is 5. The second-order valence-corrected chi connectivity index (χ2v) is 13.0. The lowest BCUT2D eigenvalue weighted by Gasteiger charge is -2.26. The van der Waals surface area contributed by atoms with E-state index in [9.17, 15) is 24.0 Å². The molecule has 13 nitrogen and oxygen atoms in total. The average molecular weight is 631 g/mol. The fourth-order valence-corrected chi connectivity index (χ4v) is 5.18. The van der Waals surface area contributed by atoms with Gasteiger partial charge < -0.3 is 40.3 Å². The first-order valence-electron chi connectivity index (χ1n) is 15.3. The van der Waals surface area contributed by atoms with Crippen LogP contribution in [0, 0.1) is 17.3 Å². The van der Waals surface area contributed by atoms with Gasteiger partial charge in [-0.05, 0) is 55.2 Å². The number of hydrogen-bond acceptors (Lipinski definition) is 8. The number of hydrogen-bond donors (Lipinski definition) is 5. The summed E-state index contributed by atoms with van der Waals surface area (Å²) in [6.45, 7) is 9.66. The van der Waals surface area contributed by atoms with Gasteiger partial charge in [-0.25, -0.2) is 4.79 Å². The van der Waals surface area contributed by atoms with Gasteiger partial charge in [-0.15, -0.1) is 0 Å². The van der Waals surface area contributed by atoms with Crippen LogP contribution >= 0.6 is 0 Å². The van der Waals surface area contributed by atoms with E-state index in [1.165, 1.54) is 7.11 Å². The third-order valence-electron chi connectivity index (χ3n) is 7.58. The zero-order valence-electron chi connectivity index (χ0n) is 26.9. The number of benzene rings is 1. The summed E-state index contributed by atoms with van der Waals surface area (Å²) < 4.78 is 15.8. The molecule has 1 aromatic carbocycles. The van der Waals surface area contributed by atoms with Crippen LogP contribution in [0.3, 0.4) is 0 Å². The predicted octanol–water partition coefficient (Wildman–Crippen LogP) is 3.76. The van der Waals surface area contributed by atoms with Crippen molar-refractivity contribution in [2.75, 3.05) is 20.3 Å². The van der Waals surface area contributed by atoms with Crippen LogP contribution in [-0.2, 0) is 23.9 Å². The normalized spacial score (nSPS) is 17.0. The Hall–Kier alpha value is -4.13. The van der Waals surface area contributed by atoms with Crippen molar-refractivity contribution in [2.24, 2.45) is 17.3 Å². The summed E-state index contributed by atoms with van der Waals surface area (Å²) in [5.41, 5.74) is 0.797. The second kappa shape index (κ2) is 15.7. The number of carboxylic acid groups (broad SMARTS) is 1. The van der Waals surface area contributed by atoms with Crippen LogP contribution in [-0.4, -0.2) is 78.4 Å². The molecule has 1 aromatic heterocycles. The molecule has 2 aromatic rings. The van der Waals surface area contributed by atoms with Gasteiger partial charge in [0.1, 0.15) is 24.1 Å². The van der Waals surface area contributed by atoms with Crippen molar-refractivity contribution >= 4 is 40.6 Å². The van der Waals surface area contributed by atoms with Gasteiger partial charge in [-0.1, -0.05) is 40.7 Å². The molecule has 1 fully saturated rings. The van der Waals surface area contributed by atoms with Crippen molar-refractivity contribution in [1.82, 2.24) is 20.9 Å². The summed E-state index contributed by atoms with van der Waals surface area (Å²) >= 11 is 0. The Balaban J connectivity index is 1.76. The van der Waals surface area contributed by atoms with Crippen molar-refractivity contribution in [2.45, 2.75) is 85.1 Å². The van der Waals surface area contributed by atoms with Crippen molar-refractivity contribution in [3.05, 3.63) is 30.0 Å². The van der Waals surface area contributed by atoms with Crippen LogP contribution in [0.25, 0.3) is 10.9 Å². The van der Waals surface area contributed by atoms with E-state index in [1.807, 2.05) is 34.6 Å². The SMILES string of the molecule is COc1cccc2[nH]c(C(=O)N[C@@H](CC(C)C)C(=O)N[C@@H](C[C@@H]3CCNC3=O)C(=O)CO[C@@H](CCC(C)(C)C)OC(=O)O)cc12. The molecule has 248 valence electrons. The number of ketones is 1. The van der Waals surface area contributed by atoms with E-state index in [0.29, 0.717) is 36.0 Å². The van der Waals surface area contributed by atoms with E-state index in [0.717, 1.165) is 0 Å². The van der Waals surface area contributed by atoms with Gasteiger partial charge in [0.25, 0.3) is 5.91 Å². The van der Waals surface area contributed by atoms with Crippen LogP contribution in [0.4, 0.5) is 4.79 Å². The van der Waals surface area contributed by atoms with Crippen molar-refractivity contribution in [3.8, 4) is 5.75 Å². The maximum Gasteiger partial charge on any atom is 0.508 e. The minimum Gasteiger partial charge on any atom is -0.496 e. The maximum absolute atomic E-state index is 13.6. The highest BCUT2D eigenvalue weighted by Crippen LogP contribution is 2.26. The van der Waals surface area contributed by atoms with Crippen molar-refractivity contribution in [3.63, 3.8) is 0 Å². The molecule has 0 radical (unpaired) electrons. The van der Waals surface area contributed by atoms with E-state index >= 15 is 0 Å². The molecule has 3 amide bonds. The third kappa shape index (κ3) is 10.8. The molecule has 2 heterocycles. The number of Topliss-reactive ketones (excluding diaryl/α,β-unsaturated/α-hetero) is 1. The number of amides is 3. The van der Waals surface area contributed by atoms with Crippen LogP contribution in [0.5, 0.6) is 5.75 Å². The molecule has 0 bridgehead atoms. The predicted molar refractivity (Wildman–Crippen MR) is 166 cm³/mol. The van der Waals surface area contributed by atoms with Gasteiger partial charge in [0.15, 0.2) is 5.78 Å². The lowest BCUT2D eigenvalue weighted by atomic mass is 9.90. The summed E-state index contributed by atoms with van der Waals surface area (Å²) in [6, 6.07) is 4.91. The van der Waals surface area contributed by atoms with Gasteiger partial charge >= 0.3 is 6.16 Å². The van der Waals surface area contributed by atoms with E-state index in [4.69, 9.17) is 19.3 Å². The molecule has 3 rings (SSSR count). The summed E-state index contributed by atoms with van der Waals surface area (Å²) in [4.78, 5) is 67.0. The molecular weight excluding hydrogens is 584 g/mol. The van der Waals surface area contributed by atoms with Crippen molar-refractivity contribution < 1.29 is 43.3 Å². The molecule has 45 heavy (non-hydrogen) atoms. The van der Waals surface area contributed by atoms with Gasteiger partial charge in [0.2, 0.25) is 18.1 Å². The van der Waals surface area contributed by atoms with Crippen LogP contribution in [0.2, 0.25) is 0 Å². The summed E-state index contributed by atoms with van der Waals surface area (Å²) in [6.07, 6.45) is -1.12. The average Bonchev–Trinajstić information content (AvgIpc) is 3.58. The van der Waals surface area contributed by atoms with E-state index in [2.05, 4.69) is 20.9 Å². The molecule has 0 saturated carbocycles. The first-order valence-corrected chi connectivity index (χ1v) is 15.3. The van der Waals surface area contributed by atoms with E-state index in [-0.39, 0.29) is 42.2 Å². The number of fused-ring (bicyclic) bond motifs is 1. The molecule has 13 heteroatoms. The van der Waals surface area contributed by atoms with Crippen LogP contribution in [0.1, 0.15) is 77.2 Å². The highest BCUT2D eigenvalue weighted by molar-refractivity contribution is 6.02. The molecule has 1 aliphatic rings. The number of methoxy groups -OCH3 is 1. The minimum absolute atomic E-state index is 0.0127. The molecule has 5 N–H and O–H groups in total. The van der Waals surface area contributed by atoms with Crippen LogP contribution < -0.4 is 20.7 Å². The lowest BCUT2D eigenvalue weighted by Crippen LogP contribution is -2.53. The molecule has 4 atom stereocenters. The highest BCUT2D eigenvalue weighted by Gasteiger charge is 2.34. The van der Waals surface area contributed by atoms with Crippen LogP contribution in [0.15, 0.2) is 24.3 Å². The number of aromatic nitrogens is 1. The Morgan fingerprint density at radius 1 is 1.11 bits per heavy atom. The topological polar surface area (TPSA) is 185 Å².